The average molecular weight is 437 g/mol. The van der Waals surface area contributed by atoms with Crippen molar-refractivity contribution in [2.24, 2.45) is 5.92 Å². The maximum absolute atomic E-state index is 12.3. The molecule has 1 heterocycles. The summed E-state index contributed by atoms with van der Waals surface area (Å²) < 4.78 is 5.49. The van der Waals surface area contributed by atoms with E-state index in [-0.39, 0.29) is 31.4 Å². The summed E-state index contributed by atoms with van der Waals surface area (Å²) in [4.78, 5) is 37.3. The summed E-state index contributed by atoms with van der Waals surface area (Å²) in [6.45, 7) is 1.46. The van der Waals surface area contributed by atoms with E-state index in [1.54, 1.807) is 4.90 Å². The van der Waals surface area contributed by atoms with Crippen molar-refractivity contribution in [3.8, 4) is 11.1 Å². The molecule has 4 rings (SSSR count). The highest BCUT2D eigenvalue weighted by atomic mass is 16.5. The van der Waals surface area contributed by atoms with Crippen LogP contribution in [-0.4, -0.2) is 54.2 Å². The van der Waals surface area contributed by atoms with Gasteiger partial charge in [-0.25, -0.2) is 4.79 Å². The molecule has 2 amide bonds. The third-order valence-corrected chi connectivity index (χ3v) is 6.30. The quantitative estimate of drug-likeness (QED) is 0.646. The number of carbonyl (C=O) groups is 3. The number of nitrogens with zero attached hydrogens (tertiary/aromatic N) is 1. The molecule has 1 aliphatic carbocycles. The summed E-state index contributed by atoms with van der Waals surface area (Å²) in [5.74, 6) is -1.38. The number of hydrogen-bond donors (Lipinski definition) is 2. The topological polar surface area (TPSA) is 95.9 Å². The zero-order valence-corrected chi connectivity index (χ0v) is 18.0. The molecule has 0 bridgehead atoms. The number of rotatable bonds is 7. The van der Waals surface area contributed by atoms with E-state index in [2.05, 4.69) is 29.6 Å². The minimum Gasteiger partial charge on any atom is -0.481 e. The number of ether oxygens (including phenoxy) is 1. The Labute approximate surface area is 187 Å². The maximum atomic E-state index is 12.3. The van der Waals surface area contributed by atoms with Gasteiger partial charge in [-0.3, -0.25) is 9.59 Å². The molecule has 1 aliphatic heterocycles. The van der Waals surface area contributed by atoms with Crippen LogP contribution in [0.25, 0.3) is 11.1 Å². The molecule has 2 N–H and O–H groups in total. The summed E-state index contributed by atoms with van der Waals surface area (Å²) in [6.07, 6.45) is 1.58. The Balaban J connectivity index is 1.21. The molecule has 1 saturated heterocycles. The molecule has 2 aromatic carbocycles. The third-order valence-electron chi connectivity index (χ3n) is 6.30. The van der Waals surface area contributed by atoms with Gasteiger partial charge in [-0.2, -0.15) is 0 Å². The normalized spacial score (nSPS) is 17.4. The molecule has 0 spiro atoms. The molecule has 2 aromatic rings. The first-order chi connectivity index (χ1) is 15.5. The number of likely N-dealkylation sites (tertiary alicyclic amines) is 1. The fourth-order valence-corrected chi connectivity index (χ4v) is 4.64. The lowest BCUT2D eigenvalue weighted by molar-refractivity contribution is -0.145. The number of fused-ring (bicyclic) bond motifs is 3. The van der Waals surface area contributed by atoms with Crippen molar-refractivity contribution in [3.63, 3.8) is 0 Å². The van der Waals surface area contributed by atoms with Crippen molar-refractivity contribution >= 4 is 18.0 Å². The van der Waals surface area contributed by atoms with Gasteiger partial charge in [-0.05, 0) is 41.5 Å². The van der Waals surface area contributed by atoms with E-state index in [4.69, 9.17) is 9.84 Å². The Bertz CT molecular complexity index is 960. The number of piperidine rings is 1. The van der Waals surface area contributed by atoms with Crippen LogP contribution in [0.2, 0.25) is 0 Å². The van der Waals surface area contributed by atoms with Crippen LogP contribution in [0.5, 0.6) is 0 Å². The van der Waals surface area contributed by atoms with Crippen molar-refractivity contribution < 1.29 is 24.2 Å². The maximum Gasteiger partial charge on any atom is 0.407 e. The summed E-state index contributed by atoms with van der Waals surface area (Å²) in [5, 5.41) is 11.9. The van der Waals surface area contributed by atoms with E-state index in [1.165, 1.54) is 11.1 Å². The van der Waals surface area contributed by atoms with E-state index in [1.807, 2.05) is 24.3 Å². The smallest absolute Gasteiger partial charge is 0.407 e. The van der Waals surface area contributed by atoms with Crippen molar-refractivity contribution in [2.75, 3.05) is 26.2 Å². The number of carboxylic acids is 1. The lowest BCUT2D eigenvalue weighted by Crippen LogP contribution is -2.42. The number of carboxylic acid groups (broad SMARTS) is 1. The number of benzene rings is 2. The number of amides is 2. The first-order valence-electron chi connectivity index (χ1n) is 11.1. The highest BCUT2D eigenvalue weighted by Crippen LogP contribution is 2.44. The number of alkyl carbamates (subject to hydrolysis) is 1. The van der Waals surface area contributed by atoms with Crippen LogP contribution in [-0.2, 0) is 14.3 Å². The molecule has 0 aromatic heterocycles. The predicted octanol–water partition coefficient (Wildman–Crippen LogP) is 3.63. The molecular weight excluding hydrogens is 408 g/mol. The fourth-order valence-electron chi connectivity index (χ4n) is 4.64. The number of aliphatic carboxylic acids is 1. The van der Waals surface area contributed by atoms with Crippen LogP contribution in [0.4, 0.5) is 4.79 Å². The average Bonchev–Trinajstić information content (AvgIpc) is 3.14. The highest BCUT2D eigenvalue weighted by Gasteiger charge is 2.29. The van der Waals surface area contributed by atoms with Crippen LogP contribution in [0.1, 0.15) is 42.7 Å². The van der Waals surface area contributed by atoms with Gasteiger partial charge in [0.1, 0.15) is 6.61 Å². The van der Waals surface area contributed by atoms with Gasteiger partial charge in [-0.1, -0.05) is 48.5 Å². The first-order valence-corrected chi connectivity index (χ1v) is 11.1. The standard InChI is InChI=1S/C25H28N2O5/c28-23(27-14-6-7-17(15-27)24(29)30)12-5-13-26-25(31)32-16-22-20-10-3-1-8-18(20)19-9-2-4-11-21(19)22/h1-4,8-11,17,22H,5-7,12-16H2,(H,26,31)(H,29,30)/t17-/m1/s1. The third kappa shape index (κ3) is 4.77. The predicted molar refractivity (Wildman–Crippen MR) is 119 cm³/mol. The summed E-state index contributed by atoms with van der Waals surface area (Å²) in [5.41, 5.74) is 4.68. The zero-order valence-electron chi connectivity index (χ0n) is 18.0. The highest BCUT2D eigenvalue weighted by molar-refractivity contribution is 5.79. The van der Waals surface area contributed by atoms with Gasteiger partial charge in [-0.15, -0.1) is 0 Å². The molecule has 7 heteroatoms. The number of carbonyl (C=O) groups excluding carboxylic acids is 2. The molecule has 32 heavy (non-hydrogen) atoms. The van der Waals surface area contributed by atoms with Crippen LogP contribution < -0.4 is 5.32 Å². The Morgan fingerprint density at radius 2 is 1.69 bits per heavy atom. The lowest BCUT2D eigenvalue weighted by atomic mass is 9.98. The summed E-state index contributed by atoms with van der Waals surface area (Å²) in [7, 11) is 0. The summed E-state index contributed by atoms with van der Waals surface area (Å²) >= 11 is 0. The van der Waals surface area contributed by atoms with Gasteiger partial charge in [0.2, 0.25) is 5.91 Å². The SMILES string of the molecule is O=C(NCCCC(=O)N1CCC[C@@H](C(=O)O)C1)OCC1c2ccccc2-c2ccccc21. The second-order valence-corrected chi connectivity index (χ2v) is 8.37. The molecule has 7 nitrogen and oxygen atoms in total. The van der Waals surface area contributed by atoms with Gasteiger partial charge in [0.25, 0.3) is 0 Å². The Morgan fingerprint density at radius 1 is 1.03 bits per heavy atom. The Kier molecular flexibility index (Phi) is 6.73. The number of nitrogens with one attached hydrogen (secondary N) is 1. The zero-order chi connectivity index (χ0) is 22.5. The molecule has 1 fully saturated rings. The van der Waals surface area contributed by atoms with E-state index < -0.39 is 18.0 Å². The van der Waals surface area contributed by atoms with Gasteiger partial charge in [0, 0.05) is 32.0 Å². The first kappa shape index (κ1) is 21.9. The minimum absolute atomic E-state index is 0.0102. The second kappa shape index (κ2) is 9.85. The fraction of sp³-hybridized carbons (Fsp3) is 0.400. The van der Waals surface area contributed by atoms with Crippen molar-refractivity contribution in [1.82, 2.24) is 10.2 Å². The Morgan fingerprint density at radius 3 is 2.34 bits per heavy atom. The van der Waals surface area contributed by atoms with E-state index in [9.17, 15) is 14.4 Å². The second-order valence-electron chi connectivity index (χ2n) is 8.37. The van der Waals surface area contributed by atoms with Crippen LogP contribution in [0.15, 0.2) is 48.5 Å². The van der Waals surface area contributed by atoms with Crippen LogP contribution in [0, 0.1) is 5.92 Å². The number of hydrogen-bond acceptors (Lipinski definition) is 4. The van der Waals surface area contributed by atoms with Gasteiger partial charge in [0.15, 0.2) is 0 Å². The van der Waals surface area contributed by atoms with E-state index in [0.29, 0.717) is 32.4 Å². The van der Waals surface area contributed by atoms with Gasteiger partial charge in [0.05, 0.1) is 5.92 Å². The molecule has 0 saturated carbocycles. The Hall–Kier alpha value is -3.35. The molecular formula is C25H28N2O5. The summed E-state index contributed by atoms with van der Waals surface area (Å²) in [6, 6.07) is 16.3. The largest absolute Gasteiger partial charge is 0.481 e. The molecule has 0 radical (unpaired) electrons. The van der Waals surface area contributed by atoms with Gasteiger partial charge < -0.3 is 20.1 Å². The lowest BCUT2D eigenvalue weighted by Gasteiger charge is -2.30. The van der Waals surface area contributed by atoms with Crippen molar-refractivity contribution in [3.05, 3.63) is 59.7 Å². The molecule has 1 atom stereocenters. The molecule has 0 unspecified atom stereocenters. The molecule has 168 valence electrons. The van der Waals surface area contributed by atoms with Crippen molar-refractivity contribution in [2.45, 2.75) is 31.6 Å². The monoisotopic (exact) mass is 436 g/mol. The molecule has 2 aliphatic rings. The van der Waals surface area contributed by atoms with Crippen LogP contribution >= 0.6 is 0 Å². The van der Waals surface area contributed by atoms with Gasteiger partial charge >= 0.3 is 12.1 Å². The minimum atomic E-state index is -0.848. The van der Waals surface area contributed by atoms with E-state index in [0.717, 1.165) is 11.1 Å². The van der Waals surface area contributed by atoms with E-state index >= 15 is 0 Å². The van der Waals surface area contributed by atoms with Crippen molar-refractivity contribution in [1.29, 1.82) is 0 Å². The van der Waals surface area contributed by atoms with Crippen LogP contribution in [0.3, 0.4) is 0 Å².